The maximum absolute atomic E-state index is 2.53. The van der Waals surface area contributed by atoms with Gasteiger partial charge in [0.25, 0.3) is 0 Å². The Hall–Kier alpha value is 0. The summed E-state index contributed by atoms with van der Waals surface area (Å²) in [6.45, 7) is 20.3. The summed E-state index contributed by atoms with van der Waals surface area (Å²) in [6.07, 6.45) is 35.1. The molecule has 0 heterocycles. The fourth-order valence-corrected chi connectivity index (χ4v) is 7.42. The Balaban J connectivity index is 2.41. The van der Waals surface area contributed by atoms with E-state index in [0.29, 0.717) is 0 Å². The first kappa shape index (κ1) is 38.0. The van der Waals surface area contributed by atoms with Crippen LogP contribution in [0.4, 0.5) is 0 Å². The van der Waals surface area contributed by atoms with Crippen molar-refractivity contribution in [2.75, 3.05) is 0 Å². The predicted molar refractivity (Wildman–Crippen MR) is 184 cm³/mol. The Bertz CT molecular complexity index is 392. The average Bonchev–Trinajstić information content (AvgIpc) is 2.94. The molecule has 8 unspecified atom stereocenters. The van der Waals surface area contributed by atoms with Crippen LogP contribution in [0.25, 0.3) is 0 Å². The van der Waals surface area contributed by atoms with Crippen molar-refractivity contribution >= 4 is 0 Å². The van der Waals surface area contributed by atoms with Crippen molar-refractivity contribution in [2.24, 2.45) is 47.3 Å². The summed E-state index contributed by atoms with van der Waals surface area (Å²) in [5.41, 5.74) is 0. The third-order valence-electron chi connectivity index (χ3n) is 12.2. The van der Waals surface area contributed by atoms with Gasteiger partial charge in [0.2, 0.25) is 0 Å². The molecule has 0 amide bonds. The summed E-state index contributed by atoms with van der Waals surface area (Å²) < 4.78 is 0. The predicted octanol–water partition coefficient (Wildman–Crippen LogP) is 14.5. The van der Waals surface area contributed by atoms with Crippen LogP contribution in [0.2, 0.25) is 0 Å². The van der Waals surface area contributed by atoms with E-state index in [0.717, 1.165) is 47.3 Å². The molecule has 240 valence electrons. The van der Waals surface area contributed by atoms with Gasteiger partial charge >= 0.3 is 0 Å². The fraction of sp³-hybridized carbons (Fsp3) is 1.00. The normalized spacial score (nSPS) is 36.6. The van der Waals surface area contributed by atoms with Crippen LogP contribution in [-0.4, -0.2) is 0 Å². The van der Waals surface area contributed by atoms with E-state index < -0.39 is 0 Å². The minimum absolute atomic E-state index is 0.917. The van der Waals surface area contributed by atoms with Crippen molar-refractivity contribution in [2.45, 2.75) is 209 Å². The highest BCUT2D eigenvalue weighted by molar-refractivity contribution is 4.68. The van der Waals surface area contributed by atoms with Gasteiger partial charge in [0.05, 0.1) is 0 Å². The van der Waals surface area contributed by atoms with Crippen LogP contribution in [0, 0.1) is 47.3 Å². The molecule has 0 N–H and O–H groups in total. The highest BCUT2D eigenvalue weighted by Gasteiger charge is 2.15. The standard InChI is InChI=1S/C40H80/c1-33-25-17-9-10-19-27-35(3)37(5)29-21-13-14-23-31-39(7)40(8)32-24-16-15-22-30-38(6)36(4)28-20-12-11-18-26-34(33)2/h33-40H,9-32H2,1-8H3. The lowest BCUT2D eigenvalue weighted by Crippen LogP contribution is -2.09. The molecule has 1 aliphatic carbocycles. The molecule has 0 aromatic carbocycles. The Morgan fingerprint density at radius 3 is 0.375 bits per heavy atom. The van der Waals surface area contributed by atoms with Gasteiger partial charge in [0.1, 0.15) is 0 Å². The zero-order valence-corrected chi connectivity index (χ0v) is 29.6. The second-order valence-electron chi connectivity index (χ2n) is 15.8. The van der Waals surface area contributed by atoms with Gasteiger partial charge in [-0.05, 0) is 47.3 Å². The smallest absolute Gasteiger partial charge is 0.0417 e. The Kier molecular flexibility index (Phi) is 23.2. The quantitative estimate of drug-likeness (QED) is 0.276. The molecule has 0 nitrogen and oxygen atoms in total. The first-order chi connectivity index (χ1) is 19.2. The molecule has 0 aromatic rings. The van der Waals surface area contributed by atoms with Gasteiger partial charge in [-0.25, -0.2) is 0 Å². The zero-order chi connectivity index (χ0) is 29.6. The van der Waals surface area contributed by atoms with E-state index >= 15 is 0 Å². The van der Waals surface area contributed by atoms with Crippen LogP contribution in [0.15, 0.2) is 0 Å². The van der Waals surface area contributed by atoms with E-state index in [-0.39, 0.29) is 0 Å². The summed E-state index contributed by atoms with van der Waals surface area (Å²) in [7, 11) is 0. The summed E-state index contributed by atoms with van der Waals surface area (Å²) in [4.78, 5) is 0. The third-order valence-corrected chi connectivity index (χ3v) is 12.2. The molecular formula is C40H80. The van der Waals surface area contributed by atoms with Gasteiger partial charge in [0.15, 0.2) is 0 Å². The largest absolute Gasteiger partial charge is 0.0623 e. The molecule has 0 spiro atoms. The number of hydrogen-bond acceptors (Lipinski definition) is 0. The second-order valence-corrected chi connectivity index (χ2v) is 15.8. The molecule has 0 saturated heterocycles. The molecule has 1 saturated carbocycles. The molecule has 1 aliphatic rings. The molecule has 0 aliphatic heterocycles. The highest BCUT2D eigenvalue weighted by Crippen LogP contribution is 2.29. The Morgan fingerprint density at radius 2 is 0.275 bits per heavy atom. The molecule has 0 aromatic heterocycles. The molecule has 0 heteroatoms. The monoisotopic (exact) mass is 561 g/mol. The van der Waals surface area contributed by atoms with Crippen molar-refractivity contribution in [3.63, 3.8) is 0 Å². The van der Waals surface area contributed by atoms with Gasteiger partial charge < -0.3 is 0 Å². The summed E-state index contributed by atoms with van der Waals surface area (Å²) in [5, 5.41) is 0. The maximum Gasteiger partial charge on any atom is -0.0417 e. The van der Waals surface area contributed by atoms with E-state index in [9.17, 15) is 0 Å². The molecule has 0 radical (unpaired) electrons. The van der Waals surface area contributed by atoms with Gasteiger partial charge in [0, 0.05) is 0 Å². The van der Waals surface area contributed by atoms with E-state index in [1.54, 1.807) is 0 Å². The van der Waals surface area contributed by atoms with E-state index in [1.165, 1.54) is 154 Å². The Morgan fingerprint density at radius 1 is 0.175 bits per heavy atom. The fourth-order valence-electron chi connectivity index (χ4n) is 7.42. The van der Waals surface area contributed by atoms with Gasteiger partial charge in [-0.15, -0.1) is 0 Å². The summed E-state index contributed by atoms with van der Waals surface area (Å²) >= 11 is 0. The first-order valence-electron chi connectivity index (χ1n) is 19.2. The molecule has 40 heavy (non-hydrogen) atoms. The van der Waals surface area contributed by atoms with Crippen molar-refractivity contribution in [3.8, 4) is 0 Å². The maximum atomic E-state index is 2.53. The first-order valence-corrected chi connectivity index (χ1v) is 19.2. The molecular weight excluding hydrogens is 480 g/mol. The second kappa shape index (κ2) is 24.4. The third kappa shape index (κ3) is 19.2. The summed E-state index contributed by atoms with van der Waals surface area (Å²) in [6, 6.07) is 0. The van der Waals surface area contributed by atoms with E-state index in [2.05, 4.69) is 55.4 Å². The SMILES string of the molecule is CC1CCCCCCC(C)C(C)CCCCCCC(C)C(C)CCCCCCC(C)C(C)CCCCCCC1C. The van der Waals surface area contributed by atoms with Crippen LogP contribution in [0.3, 0.4) is 0 Å². The number of rotatable bonds is 0. The van der Waals surface area contributed by atoms with Crippen LogP contribution in [-0.2, 0) is 0 Å². The number of hydrogen-bond donors (Lipinski definition) is 0. The van der Waals surface area contributed by atoms with Crippen LogP contribution >= 0.6 is 0 Å². The van der Waals surface area contributed by atoms with Crippen LogP contribution in [0.5, 0.6) is 0 Å². The van der Waals surface area contributed by atoms with E-state index in [4.69, 9.17) is 0 Å². The average molecular weight is 561 g/mol. The molecule has 1 fully saturated rings. The van der Waals surface area contributed by atoms with Crippen molar-refractivity contribution in [1.29, 1.82) is 0 Å². The van der Waals surface area contributed by atoms with Crippen molar-refractivity contribution in [1.82, 2.24) is 0 Å². The molecule has 8 atom stereocenters. The van der Waals surface area contributed by atoms with E-state index in [1.807, 2.05) is 0 Å². The zero-order valence-electron chi connectivity index (χ0n) is 29.6. The minimum atomic E-state index is 0.917. The molecule has 0 bridgehead atoms. The van der Waals surface area contributed by atoms with Gasteiger partial charge in [-0.1, -0.05) is 209 Å². The van der Waals surface area contributed by atoms with Gasteiger partial charge in [-0.3, -0.25) is 0 Å². The van der Waals surface area contributed by atoms with Crippen molar-refractivity contribution in [3.05, 3.63) is 0 Å². The van der Waals surface area contributed by atoms with Gasteiger partial charge in [-0.2, -0.15) is 0 Å². The van der Waals surface area contributed by atoms with Crippen molar-refractivity contribution < 1.29 is 0 Å². The molecule has 1 rings (SSSR count). The Labute approximate surface area is 256 Å². The minimum Gasteiger partial charge on any atom is -0.0623 e. The lowest BCUT2D eigenvalue weighted by Gasteiger charge is -2.22. The lowest BCUT2D eigenvalue weighted by atomic mass is 9.84. The lowest BCUT2D eigenvalue weighted by molar-refractivity contribution is 0.301. The highest BCUT2D eigenvalue weighted by atomic mass is 14.2. The van der Waals surface area contributed by atoms with Crippen LogP contribution in [0.1, 0.15) is 209 Å². The summed E-state index contributed by atoms with van der Waals surface area (Å²) in [5.74, 6) is 7.34. The van der Waals surface area contributed by atoms with Crippen LogP contribution < -0.4 is 0 Å². The topological polar surface area (TPSA) is 0 Å².